The Morgan fingerprint density at radius 3 is 2.71 bits per heavy atom. The molecule has 0 radical (unpaired) electrons. The fourth-order valence-corrected chi connectivity index (χ4v) is 3.17. The summed E-state index contributed by atoms with van der Waals surface area (Å²) >= 11 is 6.07. The van der Waals surface area contributed by atoms with Crippen LogP contribution in [0.3, 0.4) is 0 Å². The van der Waals surface area contributed by atoms with Crippen LogP contribution in [0.4, 0.5) is 0 Å². The van der Waals surface area contributed by atoms with Gasteiger partial charge in [0, 0.05) is 23.1 Å². The molecule has 1 aliphatic heterocycles. The number of carbonyl (C=O) groups excluding carboxylic acids is 2. The van der Waals surface area contributed by atoms with Crippen LogP contribution < -0.4 is 5.32 Å². The van der Waals surface area contributed by atoms with Gasteiger partial charge in [0.25, 0.3) is 0 Å². The Morgan fingerprint density at radius 1 is 1.38 bits per heavy atom. The smallest absolute Gasteiger partial charge is 0.336 e. The van der Waals surface area contributed by atoms with Crippen LogP contribution in [0.1, 0.15) is 51.5 Å². The third kappa shape index (κ3) is 4.38. The van der Waals surface area contributed by atoms with Gasteiger partial charge < -0.3 is 10.1 Å². The molecule has 0 bridgehead atoms. The molecule has 0 aromatic heterocycles. The lowest BCUT2D eigenvalue weighted by Gasteiger charge is -2.27. The van der Waals surface area contributed by atoms with E-state index in [9.17, 15) is 9.59 Å². The quantitative estimate of drug-likeness (QED) is 0.783. The van der Waals surface area contributed by atoms with Crippen LogP contribution in [0.2, 0.25) is 5.02 Å². The predicted molar refractivity (Wildman–Crippen MR) is 94.7 cm³/mol. The van der Waals surface area contributed by atoms with Crippen LogP contribution in [0.15, 0.2) is 35.5 Å². The summed E-state index contributed by atoms with van der Waals surface area (Å²) in [5, 5.41) is 3.33. The number of nitrogens with one attached hydrogen (secondary N) is 1. The summed E-state index contributed by atoms with van der Waals surface area (Å²) in [6, 6.07) is 7.28. The van der Waals surface area contributed by atoms with Gasteiger partial charge in [0.15, 0.2) is 0 Å². The molecule has 0 spiro atoms. The van der Waals surface area contributed by atoms with Gasteiger partial charge in [-0.3, -0.25) is 4.79 Å². The first-order chi connectivity index (χ1) is 11.5. The number of halogens is 1. The number of esters is 1. The molecule has 1 aromatic carbocycles. The first kappa shape index (κ1) is 18.5. The van der Waals surface area contributed by atoms with E-state index in [1.54, 1.807) is 19.1 Å². The molecular weight excluding hydrogens is 326 g/mol. The van der Waals surface area contributed by atoms with Crippen molar-refractivity contribution in [2.45, 2.75) is 46.0 Å². The minimum atomic E-state index is -0.357. The summed E-state index contributed by atoms with van der Waals surface area (Å²) in [6.07, 6.45) is 2.15. The molecule has 130 valence electrons. The van der Waals surface area contributed by atoms with E-state index >= 15 is 0 Å². The summed E-state index contributed by atoms with van der Waals surface area (Å²) in [5.41, 5.74) is 1.93. The minimum absolute atomic E-state index is 0.103. The van der Waals surface area contributed by atoms with Gasteiger partial charge in [0.1, 0.15) is 0 Å². The number of hydrogen-bond donors (Lipinski definition) is 1. The SMILES string of the molecule is CCC(CC)COC(=O)C1=C(C)NC(=O)C[C@H]1c1cccc(Cl)c1. The van der Waals surface area contributed by atoms with Crippen LogP contribution in [0, 0.1) is 5.92 Å². The van der Waals surface area contributed by atoms with Gasteiger partial charge in [-0.25, -0.2) is 4.79 Å². The van der Waals surface area contributed by atoms with Crippen molar-refractivity contribution in [2.24, 2.45) is 5.92 Å². The van der Waals surface area contributed by atoms with E-state index in [-0.39, 0.29) is 24.2 Å². The third-order valence-corrected chi connectivity index (χ3v) is 4.78. The average Bonchev–Trinajstić information content (AvgIpc) is 2.54. The Bertz CT molecular complexity index is 650. The maximum Gasteiger partial charge on any atom is 0.336 e. The second-order valence-electron chi connectivity index (χ2n) is 6.18. The van der Waals surface area contributed by atoms with E-state index in [0.29, 0.717) is 28.8 Å². The molecule has 0 saturated heterocycles. The molecule has 1 atom stereocenters. The number of benzene rings is 1. The molecule has 0 unspecified atom stereocenters. The summed E-state index contributed by atoms with van der Waals surface area (Å²) in [4.78, 5) is 24.6. The average molecular weight is 350 g/mol. The molecule has 2 rings (SSSR count). The maximum absolute atomic E-state index is 12.7. The summed E-state index contributed by atoms with van der Waals surface area (Å²) in [7, 11) is 0. The first-order valence-corrected chi connectivity index (χ1v) is 8.77. The van der Waals surface area contributed by atoms with Gasteiger partial charge in [-0.05, 0) is 30.5 Å². The van der Waals surface area contributed by atoms with Gasteiger partial charge in [-0.1, -0.05) is 50.4 Å². The van der Waals surface area contributed by atoms with Gasteiger partial charge in [0.2, 0.25) is 5.91 Å². The highest BCUT2D eigenvalue weighted by molar-refractivity contribution is 6.30. The monoisotopic (exact) mass is 349 g/mol. The fraction of sp³-hybridized carbons (Fsp3) is 0.474. The second-order valence-corrected chi connectivity index (χ2v) is 6.62. The van der Waals surface area contributed by atoms with Gasteiger partial charge in [-0.15, -0.1) is 0 Å². The first-order valence-electron chi connectivity index (χ1n) is 8.39. The van der Waals surface area contributed by atoms with Crippen molar-refractivity contribution >= 4 is 23.5 Å². The normalized spacial score (nSPS) is 17.9. The summed E-state index contributed by atoms with van der Waals surface area (Å²) < 4.78 is 5.53. The Hall–Kier alpha value is -1.81. The number of amides is 1. The van der Waals surface area contributed by atoms with Crippen LogP contribution in [0.25, 0.3) is 0 Å². The number of rotatable bonds is 6. The van der Waals surface area contributed by atoms with Crippen molar-refractivity contribution in [3.63, 3.8) is 0 Å². The molecule has 5 heteroatoms. The van der Waals surface area contributed by atoms with E-state index < -0.39 is 0 Å². The summed E-state index contributed by atoms with van der Waals surface area (Å²) in [5.74, 6) is -0.428. The lowest BCUT2D eigenvalue weighted by atomic mass is 9.84. The molecule has 4 nitrogen and oxygen atoms in total. The molecule has 1 heterocycles. The highest BCUT2D eigenvalue weighted by atomic mass is 35.5. The van der Waals surface area contributed by atoms with Crippen LogP contribution in [0.5, 0.6) is 0 Å². The molecule has 1 aromatic rings. The van der Waals surface area contributed by atoms with Crippen molar-refractivity contribution < 1.29 is 14.3 Å². The highest BCUT2D eigenvalue weighted by Gasteiger charge is 2.33. The van der Waals surface area contributed by atoms with Crippen LogP contribution >= 0.6 is 11.6 Å². The van der Waals surface area contributed by atoms with E-state index in [4.69, 9.17) is 16.3 Å². The van der Waals surface area contributed by atoms with E-state index in [2.05, 4.69) is 19.2 Å². The molecule has 0 aliphatic carbocycles. The lowest BCUT2D eigenvalue weighted by molar-refractivity contribution is -0.141. The molecule has 0 fully saturated rings. The van der Waals surface area contributed by atoms with Crippen molar-refractivity contribution in [3.8, 4) is 0 Å². The van der Waals surface area contributed by atoms with Crippen LogP contribution in [-0.4, -0.2) is 18.5 Å². The van der Waals surface area contributed by atoms with E-state index in [0.717, 1.165) is 18.4 Å². The van der Waals surface area contributed by atoms with Gasteiger partial charge >= 0.3 is 5.97 Å². The Balaban J connectivity index is 2.27. The molecule has 1 N–H and O–H groups in total. The maximum atomic E-state index is 12.7. The zero-order valence-corrected chi connectivity index (χ0v) is 15.2. The second kappa shape index (κ2) is 8.34. The molecule has 1 amide bonds. The Morgan fingerprint density at radius 2 is 2.08 bits per heavy atom. The van der Waals surface area contributed by atoms with Crippen molar-refractivity contribution in [1.29, 1.82) is 0 Å². The van der Waals surface area contributed by atoms with Crippen molar-refractivity contribution in [3.05, 3.63) is 46.1 Å². The van der Waals surface area contributed by atoms with Crippen molar-refractivity contribution in [2.75, 3.05) is 6.61 Å². The molecule has 24 heavy (non-hydrogen) atoms. The standard InChI is InChI=1S/C19H24ClNO3/c1-4-13(5-2)11-24-19(23)18-12(3)21-17(22)10-16(18)14-7-6-8-15(20)9-14/h6-9,13,16H,4-5,10-11H2,1-3H3,(H,21,22)/t16-/m0/s1. The molecule has 0 saturated carbocycles. The third-order valence-electron chi connectivity index (χ3n) is 4.54. The van der Waals surface area contributed by atoms with Crippen molar-refractivity contribution in [1.82, 2.24) is 5.32 Å². The Kier molecular flexibility index (Phi) is 6.44. The number of allylic oxidation sites excluding steroid dienone is 1. The number of ether oxygens (including phenoxy) is 1. The summed E-state index contributed by atoms with van der Waals surface area (Å²) in [6.45, 7) is 6.31. The molecular formula is C19H24ClNO3. The van der Waals surface area contributed by atoms with Gasteiger partial charge in [-0.2, -0.15) is 0 Å². The van der Waals surface area contributed by atoms with E-state index in [1.807, 2.05) is 12.1 Å². The van der Waals surface area contributed by atoms with Crippen LogP contribution in [-0.2, 0) is 14.3 Å². The molecule has 1 aliphatic rings. The van der Waals surface area contributed by atoms with Gasteiger partial charge in [0.05, 0.1) is 12.2 Å². The number of carbonyl (C=O) groups is 2. The fourth-order valence-electron chi connectivity index (χ4n) is 2.98. The highest BCUT2D eigenvalue weighted by Crippen LogP contribution is 2.34. The zero-order valence-electron chi connectivity index (χ0n) is 14.4. The van der Waals surface area contributed by atoms with E-state index in [1.165, 1.54) is 0 Å². The Labute approximate surface area is 148 Å². The zero-order chi connectivity index (χ0) is 17.7. The largest absolute Gasteiger partial charge is 0.462 e. The lowest BCUT2D eigenvalue weighted by Crippen LogP contribution is -2.34. The predicted octanol–water partition coefficient (Wildman–Crippen LogP) is 4.20. The minimum Gasteiger partial charge on any atom is -0.462 e. The number of hydrogen-bond acceptors (Lipinski definition) is 3. The topological polar surface area (TPSA) is 55.4 Å².